The Labute approximate surface area is 187 Å². The molecule has 168 valence electrons. The van der Waals surface area contributed by atoms with Crippen molar-refractivity contribution in [2.75, 3.05) is 24.7 Å². The van der Waals surface area contributed by atoms with Crippen molar-refractivity contribution in [2.45, 2.75) is 81.3 Å². The van der Waals surface area contributed by atoms with Crippen LogP contribution in [0.2, 0.25) is 0 Å². The molecule has 2 saturated heterocycles. The van der Waals surface area contributed by atoms with Gasteiger partial charge >= 0.3 is 0 Å². The lowest BCUT2D eigenvalue weighted by Gasteiger charge is -2.46. The standard InChI is InChI=1S/C19H33N5O2S.2ClH/c1-18(2)9-14(10-19(3,4)24-18)22-17-21-12-15(27(5,25)26)16(23-17)13-7-6-8-20-11-13;;/h12-14,20,24H,6-11H2,1-5H3,(H,21,22,23);2*1H. The van der Waals surface area contributed by atoms with Crippen molar-refractivity contribution in [2.24, 2.45) is 0 Å². The molecule has 3 N–H and O–H groups in total. The minimum Gasteiger partial charge on any atom is -0.351 e. The van der Waals surface area contributed by atoms with Gasteiger partial charge in [0.2, 0.25) is 5.95 Å². The minimum absolute atomic E-state index is 0. The second-order valence-corrected chi connectivity index (χ2v) is 11.4. The molecule has 2 fully saturated rings. The number of sulfone groups is 1. The van der Waals surface area contributed by atoms with Crippen molar-refractivity contribution >= 4 is 40.6 Å². The first-order valence-electron chi connectivity index (χ1n) is 9.79. The summed E-state index contributed by atoms with van der Waals surface area (Å²) in [7, 11) is -3.36. The molecule has 7 nitrogen and oxygen atoms in total. The van der Waals surface area contributed by atoms with Gasteiger partial charge in [-0.25, -0.2) is 18.4 Å². The van der Waals surface area contributed by atoms with Crippen LogP contribution in [0.25, 0.3) is 0 Å². The molecule has 10 heteroatoms. The van der Waals surface area contributed by atoms with Gasteiger partial charge in [-0.1, -0.05) is 0 Å². The Hall–Kier alpha value is -0.670. The van der Waals surface area contributed by atoms with Crippen LogP contribution >= 0.6 is 24.8 Å². The van der Waals surface area contributed by atoms with E-state index in [9.17, 15) is 8.42 Å². The predicted octanol–water partition coefficient (Wildman–Crippen LogP) is 2.91. The molecule has 0 radical (unpaired) electrons. The van der Waals surface area contributed by atoms with Crippen LogP contribution in [0.3, 0.4) is 0 Å². The largest absolute Gasteiger partial charge is 0.351 e. The fourth-order valence-electron chi connectivity index (χ4n) is 4.72. The van der Waals surface area contributed by atoms with E-state index >= 15 is 0 Å². The summed E-state index contributed by atoms with van der Waals surface area (Å²) in [5.41, 5.74) is 0.680. The number of piperidine rings is 2. The van der Waals surface area contributed by atoms with Crippen LogP contribution in [-0.4, -0.2) is 54.9 Å². The van der Waals surface area contributed by atoms with E-state index < -0.39 is 9.84 Å². The number of hydrogen-bond acceptors (Lipinski definition) is 7. The minimum atomic E-state index is -3.36. The first-order valence-corrected chi connectivity index (χ1v) is 11.7. The zero-order chi connectivity index (χ0) is 19.9. The van der Waals surface area contributed by atoms with E-state index in [-0.39, 0.29) is 52.7 Å². The van der Waals surface area contributed by atoms with Crippen molar-refractivity contribution < 1.29 is 8.42 Å². The maximum Gasteiger partial charge on any atom is 0.223 e. The Balaban J connectivity index is 0.00000210. The summed E-state index contributed by atoms with van der Waals surface area (Å²) in [5.74, 6) is 0.634. The lowest BCUT2D eigenvalue weighted by Crippen LogP contribution is -2.60. The summed E-state index contributed by atoms with van der Waals surface area (Å²) < 4.78 is 24.5. The molecule has 2 aliphatic heterocycles. The van der Waals surface area contributed by atoms with Crippen LogP contribution in [0.1, 0.15) is 65.0 Å². The second kappa shape index (κ2) is 9.64. The third-order valence-corrected chi connectivity index (χ3v) is 6.50. The van der Waals surface area contributed by atoms with Crippen LogP contribution in [0, 0.1) is 0 Å². The molecule has 1 aromatic rings. The first kappa shape index (κ1) is 26.4. The van der Waals surface area contributed by atoms with Crippen molar-refractivity contribution in [3.05, 3.63) is 11.9 Å². The van der Waals surface area contributed by atoms with Crippen molar-refractivity contribution in [3.8, 4) is 0 Å². The molecule has 0 aliphatic carbocycles. The highest BCUT2D eigenvalue weighted by molar-refractivity contribution is 7.90. The number of halogens is 2. The molecule has 29 heavy (non-hydrogen) atoms. The Bertz CT molecular complexity index is 780. The number of anilines is 1. The Morgan fingerprint density at radius 2 is 1.76 bits per heavy atom. The fourth-order valence-corrected chi connectivity index (χ4v) is 5.56. The van der Waals surface area contributed by atoms with E-state index in [1.165, 1.54) is 12.5 Å². The van der Waals surface area contributed by atoms with Crippen molar-refractivity contribution in [1.29, 1.82) is 0 Å². The normalized spacial score (nSPS) is 24.1. The maximum absolute atomic E-state index is 12.2. The fraction of sp³-hybridized carbons (Fsp3) is 0.789. The van der Waals surface area contributed by atoms with Gasteiger partial charge in [0.1, 0.15) is 4.90 Å². The zero-order valence-corrected chi connectivity index (χ0v) is 20.4. The predicted molar refractivity (Wildman–Crippen MR) is 122 cm³/mol. The number of hydrogen-bond donors (Lipinski definition) is 3. The molecule has 0 spiro atoms. The Morgan fingerprint density at radius 3 is 2.28 bits per heavy atom. The van der Waals surface area contributed by atoms with E-state index in [2.05, 4.69) is 48.6 Å². The third kappa shape index (κ3) is 6.92. The smallest absolute Gasteiger partial charge is 0.223 e. The monoisotopic (exact) mass is 467 g/mol. The molecule has 0 amide bonds. The molecule has 0 saturated carbocycles. The van der Waals surface area contributed by atoms with Gasteiger partial charge in [0.15, 0.2) is 9.84 Å². The van der Waals surface area contributed by atoms with Crippen LogP contribution in [0.4, 0.5) is 5.95 Å². The maximum atomic E-state index is 12.2. The number of aromatic nitrogens is 2. The number of rotatable bonds is 4. The molecule has 0 aromatic carbocycles. The van der Waals surface area contributed by atoms with E-state index in [4.69, 9.17) is 4.98 Å². The Kier molecular flexibility index (Phi) is 8.77. The van der Waals surface area contributed by atoms with Gasteiger partial charge in [-0.05, 0) is 59.9 Å². The molecule has 1 aromatic heterocycles. The lowest BCUT2D eigenvalue weighted by molar-refractivity contribution is 0.170. The highest BCUT2D eigenvalue weighted by Crippen LogP contribution is 2.31. The van der Waals surface area contributed by atoms with Crippen LogP contribution in [-0.2, 0) is 9.84 Å². The molecule has 1 unspecified atom stereocenters. The van der Waals surface area contributed by atoms with Crippen molar-refractivity contribution in [3.63, 3.8) is 0 Å². The molecule has 1 atom stereocenters. The third-order valence-electron chi connectivity index (χ3n) is 5.39. The molecular formula is C19H35Cl2N5O2S. The average Bonchev–Trinajstić information content (AvgIpc) is 2.51. The van der Waals surface area contributed by atoms with Gasteiger partial charge in [-0.2, -0.15) is 0 Å². The Morgan fingerprint density at radius 1 is 1.14 bits per heavy atom. The van der Waals surface area contributed by atoms with E-state index in [1.54, 1.807) is 0 Å². The van der Waals surface area contributed by atoms with E-state index in [1.807, 2.05) is 0 Å². The van der Waals surface area contributed by atoms with E-state index in [0.29, 0.717) is 11.6 Å². The van der Waals surface area contributed by atoms with Crippen LogP contribution < -0.4 is 16.0 Å². The number of nitrogens with one attached hydrogen (secondary N) is 3. The second-order valence-electron chi connectivity index (χ2n) is 9.40. The molecule has 2 aliphatic rings. The van der Waals surface area contributed by atoms with Crippen LogP contribution in [0.15, 0.2) is 11.1 Å². The molecule has 3 heterocycles. The first-order chi connectivity index (χ1) is 12.5. The molecule has 0 bridgehead atoms. The van der Waals surface area contributed by atoms with Gasteiger partial charge in [-0.15, -0.1) is 24.8 Å². The topological polar surface area (TPSA) is 96.0 Å². The summed E-state index contributed by atoms with van der Waals surface area (Å²) in [6.07, 6.45) is 6.58. The van der Waals surface area contributed by atoms with Gasteiger partial charge < -0.3 is 16.0 Å². The van der Waals surface area contributed by atoms with Gasteiger partial charge in [0.05, 0.1) is 11.9 Å². The van der Waals surface area contributed by atoms with E-state index in [0.717, 1.165) is 38.8 Å². The lowest BCUT2D eigenvalue weighted by atomic mass is 9.80. The zero-order valence-electron chi connectivity index (χ0n) is 17.9. The van der Waals surface area contributed by atoms with Gasteiger partial charge in [0, 0.05) is 35.8 Å². The highest BCUT2D eigenvalue weighted by atomic mass is 35.5. The average molecular weight is 468 g/mol. The molecule has 3 rings (SSSR count). The summed E-state index contributed by atoms with van der Waals surface area (Å²) in [4.78, 5) is 9.30. The summed E-state index contributed by atoms with van der Waals surface area (Å²) >= 11 is 0. The summed E-state index contributed by atoms with van der Waals surface area (Å²) in [6, 6.07) is 0.234. The van der Waals surface area contributed by atoms with Crippen LogP contribution in [0.5, 0.6) is 0 Å². The van der Waals surface area contributed by atoms with Gasteiger partial charge in [0.25, 0.3) is 0 Å². The summed E-state index contributed by atoms with van der Waals surface area (Å²) in [6.45, 7) is 10.5. The molecular weight excluding hydrogens is 433 g/mol. The van der Waals surface area contributed by atoms with Gasteiger partial charge in [-0.3, -0.25) is 0 Å². The SMILES string of the molecule is CC1(C)CC(Nc2ncc(S(C)(=O)=O)c(C3CCCNC3)n2)CC(C)(C)N1.Cl.Cl. The summed E-state index contributed by atoms with van der Waals surface area (Å²) in [5, 5.41) is 10.5. The van der Waals surface area contributed by atoms with Crippen molar-refractivity contribution in [1.82, 2.24) is 20.6 Å². The highest BCUT2D eigenvalue weighted by Gasteiger charge is 2.38. The quantitative estimate of drug-likeness (QED) is 0.625. The number of nitrogens with zero attached hydrogens (tertiary/aromatic N) is 2.